The Hall–Kier alpha value is -1.84. The fraction of sp³-hybridized carbons (Fsp3) is 0.579. The van der Waals surface area contributed by atoms with Gasteiger partial charge in [-0.1, -0.05) is 45.2 Å². The molecule has 1 fully saturated rings. The van der Waals surface area contributed by atoms with Gasteiger partial charge in [0.05, 0.1) is 11.3 Å². The number of carbonyl (C=O) groups is 2. The highest BCUT2D eigenvalue weighted by atomic mass is 16.4. The van der Waals surface area contributed by atoms with E-state index in [2.05, 4.69) is 19.2 Å². The summed E-state index contributed by atoms with van der Waals surface area (Å²) in [5, 5.41) is 12.4. The number of nitrogens with one attached hydrogen (secondary N) is 1. The fourth-order valence-electron chi connectivity index (χ4n) is 3.05. The molecule has 0 saturated heterocycles. The molecule has 1 aliphatic carbocycles. The summed E-state index contributed by atoms with van der Waals surface area (Å²) in [6.07, 6.45) is 6.89. The quantitative estimate of drug-likeness (QED) is 0.687. The Morgan fingerprint density at radius 2 is 1.96 bits per heavy atom. The van der Waals surface area contributed by atoms with Crippen LogP contribution in [0.4, 0.5) is 5.69 Å². The number of rotatable bonds is 9. The van der Waals surface area contributed by atoms with Gasteiger partial charge in [0.25, 0.3) is 0 Å². The molecule has 2 N–H and O–H groups in total. The minimum Gasteiger partial charge on any atom is -0.478 e. The van der Waals surface area contributed by atoms with Crippen molar-refractivity contribution in [1.82, 2.24) is 0 Å². The Balaban J connectivity index is 2.22. The van der Waals surface area contributed by atoms with Crippen molar-refractivity contribution in [2.75, 3.05) is 5.32 Å². The monoisotopic (exact) mass is 317 g/mol. The van der Waals surface area contributed by atoms with Crippen molar-refractivity contribution >= 4 is 17.6 Å². The van der Waals surface area contributed by atoms with Gasteiger partial charge in [-0.3, -0.25) is 4.79 Å². The first kappa shape index (κ1) is 17.5. The minimum atomic E-state index is -0.983. The molecule has 0 bridgehead atoms. The third-order valence-electron chi connectivity index (χ3n) is 4.51. The van der Waals surface area contributed by atoms with Gasteiger partial charge in [0.15, 0.2) is 0 Å². The number of aromatic carboxylic acids is 1. The molecule has 4 nitrogen and oxygen atoms in total. The summed E-state index contributed by atoms with van der Waals surface area (Å²) in [7, 11) is 0. The van der Waals surface area contributed by atoms with Crippen LogP contribution in [0.2, 0.25) is 0 Å². The SMILES string of the molecule is CCCCC(CCC)C(=O)Nc1c(C(=O)O)cccc1C1CC1. The van der Waals surface area contributed by atoms with Gasteiger partial charge in [0, 0.05) is 5.92 Å². The third-order valence-corrected chi connectivity index (χ3v) is 4.51. The molecule has 0 aromatic heterocycles. The Labute approximate surface area is 138 Å². The molecule has 1 aromatic carbocycles. The molecule has 2 rings (SSSR count). The van der Waals surface area contributed by atoms with Gasteiger partial charge in [0.2, 0.25) is 5.91 Å². The molecular formula is C19H27NO3. The summed E-state index contributed by atoms with van der Waals surface area (Å²) >= 11 is 0. The number of benzene rings is 1. The molecule has 0 radical (unpaired) electrons. The maximum absolute atomic E-state index is 12.7. The predicted octanol–water partition coefficient (Wildman–Crippen LogP) is 4.81. The van der Waals surface area contributed by atoms with Gasteiger partial charge in [0.1, 0.15) is 0 Å². The second-order valence-electron chi connectivity index (χ2n) is 6.47. The molecule has 126 valence electrons. The van der Waals surface area contributed by atoms with Crippen LogP contribution in [-0.4, -0.2) is 17.0 Å². The predicted molar refractivity (Wildman–Crippen MR) is 91.9 cm³/mol. The molecule has 0 aliphatic heterocycles. The lowest BCUT2D eigenvalue weighted by molar-refractivity contribution is -0.120. The van der Waals surface area contributed by atoms with Crippen molar-refractivity contribution in [3.8, 4) is 0 Å². The lowest BCUT2D eigenvalue weighted by atomic mass is 9.95. The van der Waals surface area contributed by atoms with Gasteiger partial charge in [-0.2, -0.15) is 0 Å². The van der Waals surface area contributed by atoms with E-state index in [-0.39, 0.29) is 17.4 Å². The van der Waals surface area contributed by atoms with Crippen molar-refractivity contribution in [2.45, 2.75) is 64.7 Å². The largest absolute Gasteiger partial charge is 0.478 e. The van der Waals surface area contributed by atoms with Crippen molar-refractivity contribution in [3.63, 3.8) is 0 Å². The van der Waals surface area contributed by atoms with Crippen LogP contribution in [0.15, 0.2) is 18.2 Å². The Bertz CT molecular complexity index is 564. The zero-order valence-corrected chi connectivity index (χ0v) is 14.1. The summed E-state index contributed by atoms with van der Waals surface area (Å²) in [5.41, 5.74) is 1.70. The molecule has 4 heteroatoms. The molecule has 0 spiro atoms. The second-order valence-corrected chi connectivity index (χ2v) is 6.47. The Morgan fingerprint density at radius 1 is 1.22 bits per heavy atom. The van der Waals surface area contributed by atoms with Gasteiger partial charge in [-0.05, 0) is 43.2 Å². The van der Waals surface area contributed by atoms with E-state index in [0.717, 1.165) is 50.5 Å². The molecule has 23 heavy (non-hydrogen) atoms. The van der Waals surface area contributed by atoms with Crippen LogP contribution >= 0.6 is 0 Å². The zero-order valence-electron chi connectivity index (χ0n) is 14.1. The van der Waals surface area contributed by atoms with Gasteiger partial charge in [-0.15, -0.1) is 0 Å². The van der Waals surface area contributed by atoms with Crippen molar-refractivity contribution in [1.29, 1.82) is 0 Å². The topological polar surface area (TPSA) is 66.4 Å². The Kier molecular flexibility index (Phi) is 6.20. The van der Waals surface area contributed by atoms with E-state index in [0.29, 0.717) is 11.6 Å². The second kappa shape index (κ2) is 8.14. The van der Waals surface area contributed by atoms with Crippen LogP contribution in [-0.2, 0) is 4.79 Å². The molecule has 1 atom stereocenters. The normalized spacial score (nSPS) is 15.2. The summed E-state index contributed by atoms with van der Waals surface area (Å²) in [4.78, 5) is 24.2. The highest BCUT2D eigenvalue weighted by Gasteiger charge is 2.30. The number of unbranched alkanes of at least 4 members (excludes halogenated alkanes) is 1. The Morgan fingerprint density at radius 3 is 2.52 bits per heavy atom. The van der Waals surface area contributed by atoms with E-state index < -0.39 is 5.97 Å². The van der Waals surface area contributed by atoms with Gasteiger partial charge >= 0.3 is 5.97 Å². The number of para-hydroxylation sites is 1. The molecule has 0 heterocycles. The minimum absolute atomic E-state index is 0.0316. The highest BCUT2D eigenvalue weighted by molar-refractivity contribution is 6.02. The summed E-state index contributed by atoms with van der Waals surface area (Å²) in [5.74, 6) is -0.655. The fourth-order valence-corrected chi connectivity index (χ4v) is 3.05. The maximum atomic E-state index is 12.7. The standard InChI is InChI=1S/C19H27NO3/c1-3-5-8-14(7-4-2)18(21)20-17-15(13-11-12-13)9-6-10-16(17)19(22)23/h6,9-10,13-14H,3-5,7-8,11-12H2,1-2H3,(H,20,21)(H,22,23). The van der Waals surface area contributed by atoms with Crippen molar-refractivity contribution < 1.29 is 14.7 Å². The van der Waals surface area contributed by atoms with Crippen LogP contribution in [0.3, 0.4) is 0 Å². The van der Waals surface area contributed by atoms with E-state index in [1.807, 2.05) is 6.07 Å². The summed E-state index contributed by atoms with van der Waals surface area (Å²) < 4.78 is 0. The summed E-state index contributed by atoms with van der Waals surface area (Å²) in [6.45, 7) is 4.19. The highest BCUT2D eigenvalue weighted by Crippen LogP contribution is 2.44. The number of hydrogen-bond donors (Lipinski definition) is 2. The first-order valence-corrected chi connectivity index (χ1v) is 8.75. The van der Waals surface area contributed by atoms with Crippen LogP contribution < -0.4 is 5.32 Å². The van der Waals surface area contributed by atoms with Crippen LogP contribution in [0.1, 0.15) is 80.6 Å². The smallest absolute Gasteiger partial charge is 0.337 e. The van der Waals surface area contributed by atoms with Crippen molar-refractivity contribution in [3.05, 3.63) is 29.3 Å². The van der Waals surface area contributed by atoms with E-state index >= 15 is 0 Å². The van der Waals surface area contributed by atoms with E-state index in [1.54, 1.807) is 12.1 Å². The van der Waals surface area contributed by atoms with E-state index in [1.165, 1.54) is 0 Å². The maximum Gasteiger partial charge on any atom is 0.337 e. The molecule has 1 saturated carbocycles. The summed E-state index contributed by atoms with van der Waals surface area (Å²) in [6, 6.07) is 5.29. The van der Waals surface area contributed by atoms with Crippen molar-refractivity contribution in [2.24, 2.45) is 5.92 Å². The number of amides is 1. The number of carboxylic acid groups (broad SMARTS) is 1. The van der Waals surface area contributed by atoms with Gasteiger partial charge < -0.3 is 10.4 Å². The van der Waals surface area contributed by atoms with Crippen LogP contribution in [0, 0.1) is 5.92 Å². The number of anilines is 1. The van der Waals surface area contributed by atoms with E-state index in [9.17, 15) is 14.7 Å². The molecular weight excluding hydrogens is 290 g/mol. The van der Waals surface area contributed by atoms with Crippen LogP contribution in [0.5, 0.6) is 0 Å². The number of hydrogen-bond acceptors (Lipinski definition) is 2. The lowest BCUT2D eigenvalue weighted by Gasteiger charge is -2.19. The zero-order chi connectivity index (χ0) is 16.8. The lowest BCUT2D eigenvalue weighted by Crippen LogP contribution is -2.24. The first-order chi connectivity index (χ1) is 11.1. The average Bonchev–Trinajstić information content (AvgIpc) is 3.36. The molecule has 1 aromatic rings. The van der Waals surface area contributed by atoms with Gasteiger partial charge in [-0.25, -0.2) is 4.79 Å². The number of carbonyl (C=O) groups excluding carboxylic acids is 1. The molecule has 1 amide bonds. The number of carboxylic acids is 1. The van der Waals surface area contributed by atoms with Crippen LogP contribution in [0.25, 0.3) is 0 Å². The third kappa shape index (κ3) is 4.57. The van der Waals surface area contributed by atoms with E-state index in [4.69, 9.17) is 0 Å². The molecule has 1 unspecified atom stereocenters. The molecule has 1 aliphatic rings. The average molecular weight is 317 g/mol. The first-order valence-electron chi connectivity index (χ1n) is 8.75.